The van der Waals surface area contributed by atoms with E-state index < -0.39 is 0 Å². The Hall–Kier alpha value is -2.88. The minimum absolute atomic E-state index is 0.0589. The SMILES string of the molecule is Cc1cc(C)cc(N2c3nccnc3N3c4ccccc4C(C)(C)C23)c1. The predicted octanol–water partition coefficient (Wildman–Crippen LogP) is 5.00. The van der Waals surface area contributed by atoms with E-state index in [1.54, 1.807) is 12.4 Å². The van der Waals surface area contributed by atoms with Crippen LogP contribution in [0.25, 0.3) is 0 Å². The first-order valence-corrected chi connectivity index (χ1v) is 9.06. The van der Waals surface area contributed by atoms with Crippen LogP contribution in [0.15, 0.2) is 54.9 Å². The van der Waals surface area contributed by atoms with Gasteiger partial charge in [0.1, 0.15) is 6.17 Å². The lowest BCUT2D eigenvalue weighted by molar-refractivity contribution is 0.449. The molecule has 1 aromatic heterocycles. The zero-order chi connectivity index (χ0) is 18.1. The Bertz CT molecular complexity index is 1000. The Labute approximate surface area is 154 Å². The van der Waals surface area contributed by atoms with E-state index in [2.05, 4.69) is 80.0 Å². The second-order valence-electron chi connectivity index (χ2n) is 7.90. The smallest absolute Gasteiger partial charge is 0.178 e. The van der Waals surface area contributed by atoms with E-state index in [9.17, 15) is 0 Å². The highest BCUT2D eigenvalue weighted by molar-refractivity contribution is 5.88. The monoisotopic (exact) mass is 342 g/mol. The molecule has 3 heterocycles. The van der Waals surface area contributed by atoms with Crippen molar-refractivity contribution in [1.82, 2.24) is 9.97 Å². The molecule has 0 amide bonds. The normalized spacial score (nSPS) is 19.3. The molecule has 0 N–H and O–H groups in total. The van der Waals surface area contributed by atoms with Gasteiger partial charge in [0.05, 0.1) is 0 Å². The molecule has 0 spiro atoms. The summed E-state index contributed by atoms with van der Waals surface area (Å²) in [6.07, 6.45) is 3.70. The van der Waals surface area contributed by atoms with E-state index in [0.29, 0.717) is 0 Å². The quantitative estimate of drug-likeness (QED) is 0.623. The summed E-state index contributed by atoms with van der Waals surface area (Å²) in [4.78, 5) is 14.1. The Balaban J connectivity index is 1.80. The summed E-state index contributed by atoms with van der Waals surface area (Å²) in [7, 11) is 0. The molecule has 2 aliphatic heterocycles. The van der Waals surface area contributed by atoms with Gasteiger partial charge in [-0.15, -0.1) is 0 Å². The number of benzene rings is 2. The van der Waals surface area contributed by atoms with Crippen molar-refractivity contribution in [3.05, 3.63) is 71.5 Å². The van der Waals surface area contributed by atoms with Gasteiger partial charge in [-0.1, -0.05) is 38.1 Å². The van der Waals surface area contributed by atoms with Crippen molar-refractivity contribution in [2.24, 2.45) is 0 Å². The molecule has 1 atom stereocenters. The molecule has 0 aliphatic carbocycles. The molecular weight excluding hydrogens is 320 g/mol. The van der Waals surface area contributed by atoms with Gasteiger partial charge in [-0.05, 0) is 48.7 Å². The Morgan fingerprint density at radius 1 is 0.846 bits per heavy atom. The number of nitrogens with zero attached hydrogens (tertiary/aromatic N) is 4. The average molecular weight is 342 g/mol. The van der Waals surface area contributed by atoms with E-state index in [1.165, 1.54) is 28.1 Å². The van der Waals surface area contributed by atoms with Crippen LogP contribution in [0.5, 0.6) is 0 Å². The number of hydrogen-bond donors (Lipinski definition) is 0. The van der Waals surface area contributed by atoms with Crippen LogP contribution in [-0.4, -0.2) is 16.1 Å². The van der Waals surface area contributed by atoms with Gasteiger partial charge < -0.3 is 9.80 Å². The Kier molecular flexibility index (Phi) is 3.00. The molecule has 3 aromatic rings. The van der Waals surface area contributed by atoms with E-state index in [4.69, 9.17) is 9.97 Å². The number of rotatable bonds is 1. The maximum absolute atomic E-state index is 4.72. The van der Waals surface area contributed by atoms with Crippen molar-refractivity contribution in [3.63, 3.8) is 0 Å². The van der Waals surface area contributed by atoms with Crippen LogP contribution < -0.4 is 9.80 Å². The molecular formula is C22H22N4. The first-order valence-electron chi connectivity index (χ1n) is 9.06. The predicted molar refractivity (Wildman–Crippen MR) is 105 cm³/mol. The van der Waals surface area contributed by atoms with Gasteiger partial charge in [-0.3, -0.25) is 0 Å². The van der Waals surface area contributed by atoms with Gasteiger partial charge in [0, 0.05) is 29.2 Å². The third-order valence-corrected chi connectivity index (χ3v) is 5.59. The van der Waals surface area contributed by atoms with Gasteiger partial charge in [0.15, 0.2) is 11.6 Å². The number of hydrogen-bond acceptors (Lipinski definition) is 4. The average Bonchev–Trinajstić information content (AvgIpc) is 3.07. The molecule has 1 unspecified atom stereocenters. The van der Waals surface area contributed by atoms with E-state index in [1.807, 2.05) is 0 Å². The van der Waals surface area contributed by atoms with Crippen LogP contribution in [-0.2, 0) is 5.41 Å². The molecule has 5 rings (SSSR count). The first-order chi connectivity index (χ1) is 12.5. The fourth-order valence-corrected chi connectivity index (χ4v) is 4.62. The highest BCUT2D eigenvalue weighted by Gasteiger charge is 2.54. The first kappa shape index (κ1) is 15.4. The summed E-state index contributed by atoms with van der Waals surface area (Å²) in [6.45, 7) is 8.93. The second kappa shape index (κ2) is 5.07. The molecule has 26 heavy (non-hydrogen) atoms. The molecule has 0 bridgehead atoms. The van der Waals surface area contributed by atoms with Gasteiger partial charge in [0.25, 0.3) is 0 Å². The molecule has 0 radical (unpaired) electrons. The summed E-state index contributed by atoms with van der Waals surface area (Å²) in [6, 6.07) is 15.4. The van der Waals surface area contributed by atoms with Crippen molar-refractivity contribution >= 4 is 23.0 Å². The zero-order valence-corrected chi connectivity index (χ0v) is 15.6. The summed E-state index contributed by atoms with van der Waals surface area (Å²) in [5.41, 5.74) is 6.23. The minimum atomic E-state index is -0.0589. The van der Waals surface area contributed by atoms with Crippen molar-refractivity contribution in [3.8, 4) is 0 Å². The van der Waals surface area contributed by atoms with Gasteiger partial charge >= 0.3 is 0 Å². The van der Waals surface area contributed by atoms with Crippen molar-refractivity contribution in [2.45, 2.75) is 39.3 Å². The molecule has 2 aromatic carbocycles. The lowest BCUT2D eigenvalue weighted by Crippen LogP contribution is -2.46. The lowest BCUT2D eigenvalue weighted by atomic mass is 9.83. The van der Waals surface area contributed by atoms with Crippen LogP contribution >= 0.6 is 0 Å². The molecule has 0 saturated heterocycles. The molecule has 0 fully saturated rings. The summed E-state index contributed by atoms with van der Waals surface area (Å²) in [5.74, 6) is 1.87. The van der Waals surface area contributed by atoms with Crippen LogP contribution in [0.3, 0.4) is 0 Å². The molecule has 0 saturated carbocycles. The summed E-state index contributed by atoms with van der Waals surface area (Å²) >= 11 is 0. The van der Waals surface area contributed by atoms with Gasteiger partial charge in [-0.25, -0.2) is 9.97 Å². The van der Waals surface area contributed by atoms with Crippen molar-refractivity contribution in [2.75, 3.05) is 9.80 Å². The Morgan fingerprint density at radius 3 is 2.15 bits per heavy atom. The van der Waals surface area contributed by atoms with Crippen LogP contribution in [0.2, 0.25) is 0 Å². The number of aromatic nitrogens is 2. The minimum Gasteiger partial charge on any atom is -0.301 e. The zero-order valence-electron chi connectivity index (χ0n) is 15.6. The summed E-state index contributed by atoms with van der Waals surface area (Å²) in [5, 5.41) is 0. The van der Waals surface area contributed by atoms with E-state index in [-0.39, 0.29) is 11.6 Å². The van der Waals surface area contributed by atoms with E-state index >= 15 is 0 Å². The summed E-state index contributed by atoms with van der Waals surface area (Å²) < 4.78 is 0. The van der Waals surface area contributed by atoms with Crippen molar-refractivity contribution < 1.29 is 0 Å². The van der Waals surface area contributed by atoms with Crippen LogP contribution in [0, 0.1) is 13.8 Å². The van der Waals surface area contributed by atoms with E-state index in [0.717, 1.165) is 11.6 Å². The third-order valence-electron chi connectivity index (χ3n) is 5.59. The topological polar surface area (TPSA) is 32.3 Å². The number of para-hydroxylation sites is 1. The molecule has 130 valence electrons. The van der Waals surface area contributed by atoms with Crippen LogP contribution in [0.1, 0.15) is 30.5 Å². The number of anilines is 4. The largest absolute Gasteiger partial charge is 0.301 e. The molecule has 4 heteroatoms. The third kappa shape index (κ3) is 1.90. The standard InChI is InChI=1S/C22H22N4/c1-14-11-15(2)13-16(12-14)25-19-20(24-10-9-23-19)26-18-8-6-5-7-17(18)22(3,4)21(25)26/h5-13,21H,1-4H3. The fourth-order valence-electron chi connectivity index (χ4n) is 4.62. The molecule has 2 aliphatic rings. The lowest BCUT2D eigenvalue weighted by Gasteiger charge is -2.36. The number of aryl methyl sites for hydroxylation is 2. The molecule has 4 nitrogen and oxygen atoms in total. The Morgan fingerprint density at radius 2 is 1.46 bits per heavy atom. The maximum Gasteiger partial charge on any atom is 0.178 e. The maximum atomic E-state index is 4.72. The van der Waals surface area contributed by atoms with Crippen LogP contribution in [0.4, 0.5) is 23.0 Å². The highest BCUT2D eigenvalue weighted by atomic mass is 15.5. The number of fused-ring (bicyclic) bond motifs is 5. The van der Waals surface area contributed by atoms with Gasteiger partial charge in [0.2, 0.25) is 0 Å². The second-order valence-corrected chi connectivity index (χ2v) is 7.90. The van der Waals surface area contributed by atoms with Crippen molar-refractivity contribution in [1.29, 1.82) is 0 Å². The highest BCUT2D eigenvalue weighted by Crippen LogP contribution is 2.57. The fraction of sp³-hybridized carbons (Fsp3) is 0.273. The van der Waals surface area contributed by atoms with Gasteiger partial charge in [-0.2, -0.15) is 0 Å².